The Morgan fingerprint density at radius 1 is 1.28 bits per heavy atom. The maximum atomic E-state index is 12.0. The van der Waals surface area contributed by atoms with Crippen molar-refractivity contribution < 1.29 is 9.32 Å². The van der Waals surface area contributed by atoms with E-state index in [1.165, 1.54) is 0 Å². The highest BCUT2D eigenvalue weighted by atomic mass is 79.9. The average molecular weight is 307 g/mol. The third-order valence-electron chi connectivity index (χ3n) is 3.04. The smallest absolute Gasteiger partial charge is 0.258 e. The van der Waals surface area contributed by atoms with Crippen LogP contribution in [0.3, 0.4) is 0 Å². The number of carbonyl (C=O) groups excluding carboxylic acids is 1. The number of anilines is 1. The van der Waals surface area contributed by atoms with E-state index >= 15 is 0 Å². The Bertz CT molecular complexity index is 590. The first-order valence-corrected chi connectivity index (χ1v) is 6.57. The van der Waals surface area contributed by atoms with E-state index in [-0.39, 0.29) is 5.91 Å². The predicted molar refractivity (Wildman–Crippen MR) is 70.6 cm³/mol. The average Bonchev–Trinajstić information content (AvgIpc) is 2.95. The number of aryl methyl sites for hydroxylation is 1. The predicted octanol–water partition coefficient (Wildman–Crippen LogP) is 3.18. The van der Waals surface area contributed by atoms with Crippen LogP contribution in [0.15, 0.2) is 33.3 Å². The third kappa shape index (κ3) is 2.06. The SMILES string of the molecule is O=C(Nc1onc2c1CCC2)c1ccc(Br)cc1. The van der Waals surface area contributed by atoms with E-state index < -0.39 is 0 Å². The number of hydrogen-bond acceptors (Lipinski definition) is 3. The quantitative estimate of drug-likeness (QED) is 0.927. The summed E-state index contributed by atoms with van der Waals surface area (Å²) >= 11 is 3.34. The van der Waals surface area contributed by atoms with Crippen LogP contribution < -0.4 is 5.32 Å². The number of halogens is 1. The number of fused-ring (bicyclic) bond motifs is 1. The van der Waals surface area contributed by atoms with E-state index in [1.807, 2.05) is 12.1 Å². The molecule has 1 N–H and O–H groups in total. The summed E-state index contributed by atoms with van der Waals surface area (Å²) in [5, 5.41) is 6.73. The van der Waals surface area contributed by atoms with Crippen molar-refractivity contribution in [1.29, 1.82) is 0 Å². The largest absolute Gasteiger partial charge is 0.338 e. The molecule has 0 unspecified atom stereocenters. The van der Waals surface area contributed by atoms with Crippen molar-refractivity contribution in [3.05, 3.63) is 45.6 Å². The van der Waals surface area contributed by atoms with E-state index in [0.717, 1.165) is 35.0 Å². The number of nitrogens with zero attached hydrogens (tertiary/aromatic N) is 1. The zero-order valence-electron chi connectivity index (χ0n) is 9.57. The topological polar surface area (TPSA) is 55.1 Å². The molecule has 18 heavy (non-hydrogen) atoms. The van der Waals surface area contributed by atoms with Crippen LogP contribution in [0.1, 0.15) is 28.0 Å². The highest BCUT2D eigenvalue weighted by Gasteiger charge is 2.22. The minimum absolute atomic E-state index is 0.173. The molecular formula is C13H11BrN2O2. The van der Waals surface area contributed by atoms with Gasteiger partial charge in [-0.15, -0.1) is 0 Å². The van der Waals surface area contributed by atoms with Crippen LogP contribution in [-0.2, 0) is 12.8 Å². The summed E-state index contributed by atoms with van der Waals surface area (Å²) in [7, 11) is 0. The molecule has 0 fully saturated rings. The van der Waals surface area contributed by atoms with E-state index in [0.29, 0.717) is 11.4 Å². The van der Waals surface area contributed by atoms with Gasteiger partial charge in [-0.3, -0.25) is 10.1 Å². The second-order valence-electron chi connectivity index (χ2n) is 4.25. The van der Waals surface area contributed by atoms with Gasteiger partial charge in [0.1, 0.15) is 0 Å². The summed E-state index contributed by atoms with van der Waals surface area (Å²) in [5.41, 5.74) is 2.61. The number of aromatic nitrogens is 1. The van der Waals surface area contributed by atoms with E-state index in [4.69, 9.17) is 4.52 Å². The van der Waals surface area contributed by atoms with Crippen molar-refractivity contribution in [1.82, 2.24) is 5.16 Å². The number of hydrogen-bond donors (Lipinski definition) is 1. The lowest BCUT2D eigenvalue weighted by Crippen LogP contribution is -2.12. The van der Waals surface area contributed by atoms with Gasteiger partial charge in [-0.25, -0.2) is 0 Å². The van der Waals surface area contributed by atoms with Gasteiger partial charge in [0.25, 0.3) is 5.91 Å². The Labute approximate surface area is 112 Å². The molecule has 0 saturated heterocycles. The zero-order valence-corrected chi connectivity index (χ0v) is 11.2. The first kappa shape index (κ1) is 11.5. The standard InChI is InChI=1S/C13H11BrN2O2/c14-9-6-4-8(5-7-9)12(17)15-13-10-2-1-3-11(10)16-18-13/h4-7H,1-3H2,(H,15,17). The number of rotatable bonds is 2. The highest BCUT2D eigenvalue weighted by Crippen LogP contribution is 2.28. The van der Waals surface area contributed by atoms with Gasteiger partial charge in [-0.2, -0.15) is 0 Å². The monoisotopic (exact) mass is 306 g/mol. The molecule has 0 spiro atoms. The fourth-order valence-electron chi connectivity index (χ4n) is 2.10. The molecule has 2 aromatic rings. The van der Waals surface area contributed by atoms with Crippen LogP contribution in [0, 0.1) is 0 Å². The van der Waals surface area contributed by atoms with Gasteiger partial charge >= 0.3 is 0 Å². The molecule has 1 aromatic heterocycles. The molecule has 3 rings (SSSR count). The van der Waals surface area contributed by atoms with Crippen molar-refractivity contribution in [2.75, 3.05) is 5.32 Å². The van der Waals surface area contributed by atoms with E-state index in [2.05, 4.69) is 26.4 Å². The number of benzene rings is 1. The minimum Gasteiger partial charge on any atom is -0.338 e. The van der Waals surface area contributed by atoms with Crippen molar-refractivity contribution in [2.45, 2.75) is 19.3 Å². The molecule has 92 valence electrons. The summed E-state index contributed by atoms with van der Waals surface area (Å²) in [6.07, 6.45) is 2.94. The summed E-state index contributed by atoms with van der Waals surface area (Å²) < 4.78 is 6.11. The van der Waals surface area contributed by atoms with Crippen LogP contribution in [0.4, 0.5) is 5.88 Å². The highest BCUT2D eigenvalue weighted by molar-refractivity contribution is 9.10. The summed E-state index contributed by atoms with van der Waals surface area (Å²) in [5.74, 6) is 0.323. The molecule has 0 radical (unpaired) electrons. The lowest BCUT2D eigenvalue weighted by atomic mass is 10.2. The van der Waals surface area contributed by atoms with Crippen molar-refractivity contribution in [3.8, 4) is 0 Å². The van der Waals surface area contributed by atoms with Gasteiger partial charge in [-0.1, -0.05) is 21.1 Å². The molecule has 0 saturated carbocycles. The van der Waals surface area contributed by atoms with Gasteiger partial charge < -0.3 is 4.52 Å². The first-order chi connectivity index (χ1) is 8.74. The molecule has 1 aliphatic carbocycles. The van der Waals surface area contributed by atoms with Crippen LogP contribution in [0.2, 0.25) is 0 Å². The molecular weight excluding hydrogens is 296 g/mol. The zero-order chi connectivity index (χ0) is 12.5. The number of amides is 1. The van der Waals surface area contributed by atoms with E-state index in [1.54, 1.807) is 12.1 Å². The molecule has 1 aromatic carbocycles. The molecule has 1 aliphatic rings. The summed E-state index contributed by atoms with van der Waals surface area (Å²) in [4.78, 5) is 12.0. The van der Waals surface area contributed by atoms with Gasteiger partial charge in [0, 0.05) is 15.6 Å². The number of nitrogens with one attached hydrogen (secondary N) is 1. The molecule has 1 heterocycles. The van der Waals surface area contributed by atoms with Crippen molar-refractivity contribution in [3.63, 3.8) is 0 Å². The first-order valence-electron chi connectivity index (χ1n) is 5.78. The van der Waals surface area contributed by atoms with Gasteiger partial charge in [0.05, 0.1) is 5.69 Å². The fourth-order valence-corrected chi connectivity index (χ4v) is 2.37. The van der Waals surface area contributed by atoms with Crippen LogP contribution >= 0.6 is 15.9 Å². The van der Waals surface area contributed by atoms with Gasteiger partial charge in [0.15, 0.2) is 0 Å². The lowest BCUT2D eigenvalue weighted by molar-refractivity contribution is 0.102. The molecule has 0 aliphatic heterocycles. The van der Waals surface area contributed by atoms with Gasteiger partial charge in [0.2, 0.25) is 5.88 Å². The Kier molecular flexibility index (Phi) is 2.91. The molecule has 4 nitrogen and oxygen atoms in total. The Morgan fingerprint density at radius 3 is 2.83 bits per heavy atom. The summed E-state index contributed by atoms with van der Waals surface area (Å²) in [6.45, 7) is 0. The lowest BCUT2D eigenvalue weighted by Gasteiger charge is -2.02. The second kappa shape index (κ2) is 4.57. The molecule has 0 atom stereocenters. The van der Waals surface area contributed by atoms with Crippen LogP contribution in [0.25, 0.3) is 0 Å². The molecule has 0 bridgehead atoms. The van der Waals surface area contributed by atoms with Crippen molar-refractivity contribution in [2.24, 2.45) is 0 Å². The molecule has 5 heteroatoms. The van der Waals surface area contributed by atoms with Crippen LogP contribution in [-0.4, -0.2) is 11.1 Å². The Hall–Kier alpha value is -1.62. The van der Waals surface area contributed by atoms with Gasteiger partial charge in [-0.05, 0) is 43.5 Å². The maximum absolute atomic E-state index is 12.0. The maximum Gasteiger partial charge on any atom is 0.258 e. The minimum atomic E-state index is -0.173. The van der Waals surface area contributed by atoms with Crippen LogP contribution in [0.5, 0.6) is 0 Å². The fraction of sp³-hybridized carbons (Fsp3) is 0.231. The summed E-state index contributed by atoms with van der Waals surface area (Å²) in [6, 6.07) is 7.19. The van der Waals surface area contributed by atoms with Crippen molar-refractivity contribution >= 4 is 27.7 Å². The third-order valence-corrected chi connectivity index (χ3v) is 3.57. The van der Waals surface area contributed by atoms with E-state index in [9.17, 15) is 4.79 Å². The Morgan fingerprint density at radius 2 is 2.06 bits per heavy atom. The molecule has 1 amide bonds. The second-order valence-corrected chi connectivity index (χ2v) is 5.17. The Balaban J connectivity index is 1.80. The number of carbonyl (C=O) groups is 1. The normalized spacial score (nSPS) is 13.4.